The largest absolute Gasteiger partial charge is 0.487 e. The summed E-state index contributed by atoms with van der Waals surface area (Å²) >= 11 is 7.34. The SMILES string of the molecule is CC(=O)N(c1cccc(Cl)c1)c1nc(COc2ccc([N+](=O)[O-])c(C)c2)cs1. The van der Waals surface area contributed by atoms with E-state index in [1.54, 1.807) is 48.7 Å². The van der Waals surface area contributed by atoms with E-state index in [4.69, 9.17) is 16.3 Å². The summed E-state index contributed by atoms with van der Waals surface area (Å²) in [5.74, 6) is 0.325. The number of hydrogen-bond acceptors (Lipinski definition) is 6. The number of carbonyl (C=O) groups is 1. The molecule has 0 saturated carbocycles. The molecular formula is C19H16ClN3O4S. The van der Waals surface area contributed by atoms with Gasteiger partial charge in [-0.25, -0.2) is 4.98 Å². The van der Waals surface area contributed by atoms with Crippen molar-refractivity contribution in [3.8, 4) is 5.75 Å². The van der Waals surface area contributed by atoms with Gasteiger partial charge >= 0.3 is 0 Å². The number of ether oxygens (including phenoxy) is 1. The Kier molecular flexibility index (Phi) is 5.91. The van der Waals surface area contributed by atoms with Gasteiger partial charge in [-0.1, -0.05) is 17.7 Å². The zero-order valence-corrected chi connectivity index (χ0v) is 16.7. The smallest absolute Gasteiger partial charge is 0.272 e. The van der Waals surface area contributed by atoms with E-state index in [1.807, 2.05) is 0 Å². The second-order valence-corrected chi connectivity index (χ2v) is 7.22. The number of carbonyl (C=O) groups excluding carboxylic acids is 1. The monoisotopic (exact) mass is 417 g/mol. The minimum absolute atomic E-state index is 0.0434. The second-order valence-electron chi connectivity index (χ2n) is 5.95. The maximum absolute atomic E-state index is 12.1. The molecule has 144 valence electrons. The maximum atomic E-state index is 12.1. The molecule has 0 radical (unpaired) electrons. The molecule has 0 aliphatic rings. The van der Waals surface area contributed by atoms with Gasteiger partial charge in [0, 0.05) is 29.0 Å². The molecule has 2 aromatic carbocycles. The Morgan fingerprint density at radius 1 is 1.32 bits per heavy atom. The van der Waals surface area contributed by atoms with Gasteiger partial charge < -0.3 is 4.74 Å². The zero-order chi connectivity index (χ0) is 20.3. The van der Waals surface area contributed by atoms with Crippen LogP contribution in [0.15, 0.2) is 47.8 Å². The first-order chi connectivity index (χ1) is 13.3. The van der Waals surface area contributed by atoms with E-state index in [0.717, 1.165) is 0 Å². The minimum atomic E-state index is -0.433. The Balaban J connectivity index is 1.75. The molecule has 0 aliphatic heterocycles. The highest BCUT2D eigenvalue weighted by Gasteiger charge is 2.18. The summed E-state index contributed by atoms with van der Waals surface area (Å²) in [7, 11) is 0. The number of halogens is 1. The Bertz CT molecular complexity index is 1040. The molecule has 1 amide bonds. The summed E-state index contributed by atoms with van der Waals surface area (Å²) in [5, 5.41) is 13.7. The molecule has 0 saturated heterocycles. The Morgan fingerprint density at radius 3 is 2.75 bits per heavy atom. The number of aryl methyl sites for hydroxylation is 1. The maximum Gasteiger partial charge on any atom is 0.272 e. The van der Waals surface area contributed by atoms with Crippen LogP contribution < -0.4 is 9.64 Å². The second kappa shape index (κ2) is 8.37. The van der Waals surface area contributed by atoms with Crippen molar-refractivity contribution >= 4 is 45.4 Å². The lowest BCUT2D eigenvalue weighted by molar-refractivity contribution is -0.385. The predicted octanol–water partition coefficient (Wildman–Crippen LogP) is 5.28. The van der Waals surface area contributed by atoms with Crippen molar-refractivity contribution in [1.82, 2.24) is 4.98 Å². The first-order valence-electron chi connectivity index (χ1n) is 8.23. The van der Waals surface area contributed by atoms with Gasteiger partial charge in [0.2, 0.25) is 5.91 Å². The molecular weight excluding hydrogens is 402 g/mol. The number of rotatable bonds is 6. The zero-order valence-electron chi connectivity index (χ0n) is 15.1. The first kappa shape index (κ1) is 19.8. The molecule has 9 heteroatoms. The van der Waals surface area contributed by atoms with Gasteiger partial charge in [0.05, 0.1) is 16.3 Å². The lowest BCUT2D eigenvalue weighted by Gasteiger charge is -2.18. The number of nitro benzene ring substituents is 1. The number of anilines is 2. The van der Waals surface area contributed by atoms with E-state index in [0.29, 0.717) is 32.8 Å². The van der Waals surface area contributed by atoms with Gasteiger partial charge in [0.1, 0.15) is 12.4 Å². The van der Waals surface area contributed by atoms with Crippen LogP contribution in [0.25, 0.3) is 0 Å². The number of benzene rings is 2. The van der Waals surface area contributed by atoms with Crippen molar-refractivity contribution in [2.75, 3.05) is 4.90 Å². The highest BCUT2D eigenvalue weighted by Crippen LogP contribution is 2.31. The summed E-state index contributed by atoms with van der Waals surface area (Å²) in [6.07, 6.45) is 0. The lowest BCUT2D eigenvalue weighted by Crippen LogP contribution is -2.22. The standard InChI is InChI=1S/C19H16ClN3O4S/c1-12-8-17(6-7-18(12)23(25)26)27-10-15-11-28-19(21-15)22(13(2)24)16-5-3-4-14(20)9-16/h3-9,11H,10H2,1-2H3. The van der Waals surface area contributed by atoms with Crippen molar-refractivity contribution in [1.29, 1.82) is 0 Å². The quantitative estimate of drug-likeness (QED) is 0.402. The van der Waals surface area contributed by atoms with Crippen molar-refractivity contribution < 1.29 is 14.5 Å². The van der Waals surface area contributed by atoms with Crippen LogP contribution >= 0.6 is 22.9 Å². The van der Waals surface area contributed by atoms with Gasteiger partial charge in [-0.2, -0.15) is 0 Å². The van der Waals surface area contributed by atoms with Gasteiger partial charge in [-0.05, 0) is 37.3 Å². The lowest BCUT2D eigenvalue weighted by atomic mass is 10.2. The molecule has 0 spiro atoms. The third-order valence-electron chi connectivity index (χ3n) is 3.86. The fraction of sp³-hybridized carbons (Fsp3) is 0.158. The third-order valence-corrected chi connectivity index (χ3v) is 4.97. The van der Waals surface area contributed by atoms with Crippen LogP contribution in [0.5, 0.6) is 5.75 Å². The molecule has 0 unspecified atom stereocenters. The average Bonchev–Trinajstić information content (AvgIpc) is 3.08. The fourth-order valence-corrected chi connectivity index (χ4v) is 3.64. The Hall–Kier alpha value is -2.97. The van der Waals surface area contributed by atoms with E-state index in [2.05, 4.69) is 4.98 Å². The van der Waals surface area contributed by atoms with Crippen LogP contribution in [-0.4, -0.2) is 15.8 Å². The average molecular weight is 418 g/mol. The van der Waals surface area contributed by atoms with Crippen molar-refractivity contribution in [3.05, 3.63) is 74.2 Å². The van der Waals surface area contributed by atoms with E-state index < -0.39 is 4.92 Å². The van der Waals surface area contributed by atoms with E-state index in [1.165, 1.54) is 29.2 Å². The Labute approximate surface area is 170 Å². The number of amides is 1. The summed E-state index contributed by atoms with van der Waals surface area (Å²) in [4.78, 5) is 28.5. The van der Waals surface area contributed by atoms with Crippen molar-refractivity contribution in [3.63, 3.8) is 0 Å². The van der Waals surface area contributed by atoms with E-state index in [9.17, 15) is 14.9 Å². The topological polar surface area (TPSA) is 85.6 Å². The first-order valence-corrected chi connectivity index (χ1v) is 9.49. The highest BCUT2D eigenvalue weighted by atomic mass is 35.5. The molecule has 3 rings (SSSR count). The normalized spacial score (nSPS) is 10.5. The van der Waals surface area contributed by atoms with Gasteiger partial charge in [0.15, 0.2) is 5.13 Å². The highest BCUT2D eigenvalue weighted by molar-refractivity contribution is 7.14. The molecule has 1 heterocycles. The van der Waals surface area contributed by atoms with Gasteiger partial charge in [0.25, 0.3) is 5.69 Å². The summed E-state index contributed by atoms with van der Waals surface area (Å²) < 4.78 is 5.68. The van der Waals surface area contributed by atoms with Crippen LogP contribution in [0.2, 0.25) is 5.02 Å². The molecule has 1 aromatic heterocycles. The van der Waals surface area contributed by atoms with Crippen LogP contribution in [-0.2, 0) is 11.4 Å². The molecule has 0 aliphatic carbocycles. The number of nitrogens with zero attached hydrogens (tertiary/aromatic N) is 3. The number of hydrogen-bond donors (Lipinski definition) is 0. The molecule has 7 nitrogen and oxygen atoms in total. The van der Waals surface area contributed by atoms with Gasteiger partial charge in [-0.3, -0.25) is 19.8 Å². The number of aromatic nitrogens is 1. The number of nitro groups is 1. The summed E-state index contributed by atoms with van der Waals surface area (Å²) in [6.45, 7) is 3.29. The van der Waals surface area contributed by atoms with Crippen molar-refractivity contribution in [2.24, 2.45) is 0 Å². The van der Waals surface area contributed by atoms with Crippen LogP contribution in [0, 0.1) is 17.0 Å². The fourth-order valence-electron chi connectivity index (χ4n) is 2.59. The van der Waals surface area contributed by atoms with Crippen LogP contribution in [0.1, 0.15) is 18.2 Å². The van der Waals surface area contributed by atoms with Gasteiger partial charge in [-0.15, -0.1) is 11.3 Å². The minimum Gasteiger partial charge on any atom is -0.487 e. The molecule has 0 N–H and O–H groups in total. The third kappa shape index (κ3) is 4.47. The molecule has 28 heavy (non-hydrogen) atoms. The Morgan fingerprint density at radius 2 is 2.11 bits per heavy atom. The van der Waals surface area contributed by atoms with Crippen LogP contribution in [0.4, 0.5) is 16.5 Å². The molecule has 0 bridgehead atoms. The number of thiazole rings is 1. The predicted molar refractivity (Wildman–Crippen MR) is 109 cm³/mol. The van der Waals surface area contributed by atoms with Crippen molar-refractivity contribution in [2.45, 2.75) is 20.5 Å². The summed E-state index contributed by atoms with van der Waals surface area (Å²) in [5.41, 5.74) is 1.84. The van der Waals surface area contributed by atoms with E-state index >= 15 is 0 Å². The summed E-state index contributed by atoms with van der Waals surface area (Å²) in [6, 6.07) is 11.5. The van der Waals surface area contributed by atoms with Crippen LogP contribution in [0.3, 0.4) is 0 Å². The molecule has 3 aromatic rings. The molecule has 0 fully saturated rings. The van der Waals surface area contributed by atoms with E-state index in [-0.39, 0.29) is 18.2 Å². The molecule has 0 atom stereocenters.